The van der Waals surface area contributed by atoms with E-state index in [1.165, 1.54) is 6.92 Å². The Labute approximate surface area is 131 Å². The van der Waals surface area contributed by atoms with Crippen LogP contribution < -0.4 is 10.6 Å². The number of carbonyl (C=O) groups is 1. The van der Waals surface area contributed by atoms with E-state index < -0.39 is 0 Å². The average Bonchev–Trinajstić information content (AvgIpc) is 2.39. The zero-order chi connectivity index (χ0) is 14.5. The lowest BCUT2D eigenvalue weighted by Gasteiger charge is -2.09. The number of carbonyl (C=O) groups excluding carboxylic acids is 1. The molecule has 0 atom stereocenters. The van der Waals surface area contributed by atoms with Gasteiger partial charge in [-0.1, -0.05) is 33.6 Å². The first-order chi connectivity index (χ1) is 9.54. The molecule has 0 aromatic heterocycles. The van der Waals surface area contributed by atoms with E-state index in [2.05, 4.69) is 26.6 Å². The van der Waals surface area contributed by atoms with Crippen molar-refractivity contribution in [3.63, 3.8) is 0 Å². The van der Waals surface area contributed by atoms with Crippen LogP contribution in [0.4, 0.5) is 11.4 Å². The molecule has 0 bridgehead atoms. The van der Waals surface area contributed by atoms with Gasteiger partial charge in [-0.3, -0.25) is 4.79 Å². The lowest BCUT2D eigenvalue weighted by molar-refractivity contribution is -0.114. The Kier molecular flexibility index (Phi) is 5.04. The monoisotopic (exact) mass is 352 g/mol. The van der Waals surface area contributed by atoms with Crippen molar-refractivity contribution in [3.05, 3.63) is 57.5 Å². The van der Waals surface area contributed by atoms with Crippen LogP contribution in [-0.2, 0) is 11.3 Å². The van der Waals surface area contributed by atoms with Crippen molar-refractivity contribution in [1.29, 1.82) is 0 Å². The first kappa shape index (κ1) is 14.9. The predicted molar refractivity (Wildman–Crippen MR) is 87.2 cm³/mol. The Hall–Kier alpha value is -1.52. The molecule has 20 heavy (non-hydrogen) atoms. The number of hydrogen-bond acceptors (Lipinski definition) is 2. The van der Waals surface area contributed by atoms with Gasteiger partial charge in [0.05, 0.1) is 0 Å². The normalized spacial score (nSPS) is 10.2. The Balaban J connectivity index is 1.98. The molecule has 2 N–H and O–H groups in total. The molecule has 104 valence electrons. The van der Waals surface area contributed by atoms with Crippen LogP contribution in [0.5, 0.6) is 0 Å². The first-order valence-corrected chi connectivity index (χ1v) is 7.27. The van der Waals surface area contributed by atoms with Crippen LogP contribution in [0, 0.1) is 0 Å². The minimum atomic E-state index is -0.0765. The van der Waals surface area contributed by atoms with Crippen molar-refractivity contribution >= 4 is 44.8 Å². The summed E-state index contributed by atoms with van der Waals surface area (Å²) in [6.45, 7) is 2.13. The van der Waals surface area contributed by atoms with Crippen LogP contribution >= 0.6 is 27.5 Å². The van der Waals surface area contributed by atoms with Gasteiger partial charge in [0.1, 0.15) is 0 Å². The summed E-state index contributed by atoms with van der Waals surface area (Å²) in [5, 5.41) is 6.74. The second-order valence-corrected chi connectivity index (χ2v) is 5.67. The van der Waals surface area contributed by atoms with Gasteiger partial charge in [-0.2, -0.15) is 0 Å². The highest BCUT2D eigenvalue weighted by Gasteiger charge is 2.01. The number of nitrogens with one attached hydrogen (secondary N) is 2. The van der Waals surface area contributed by atoms with E-state index in [1.807, 2.05) is 42.5 Å². The van der Waals surface area contributed by atoms with Crippen molar-refractivity contribution in [2.24, 2.45) is 0 Å². The van der Waals surface area contributed by atoms with Crippen molar-refractivity contribution in [1.82, 2.24) is 0 Å². The minimum Gasteiger partial charge on any atom is -0.381 e. The van der Waals surface area contributed by atoms with Crippen LogP contribution in [0.3, 0.4) is 0 Å². The molecule has 0 spiro atoms. The van der Waals surface area contributed by atoms with Crippen molar-refractivity contribution in [2.45, 2.75) is 13.5 Å². The fourth-order valence-corrected chi connectivity index (χ4v) is 2.48. The van der Waals surface area contributed by atoms with Gasteiger partial charge in [0.2, 0.25) is 5.91 Å². The summed E-state index contributed by atoms with van der Waals surface area (Å²) in [5.74, 6) is -0.0765. The Bertz CT molecular complexity index is 614. The van der Waals surface area contributed by atoms with Crippen LogP contribution in [0.1, 0.15) is 12.5 Å². The molecular formula is C15H14BrClN2O. The maximum Gasteiger partial charge on any atom is 0.221 e. The number of anilines is 2. The zero-order valence-corrected chi connectivity index (χ0v) is 13.3. The third kappa shape index (κ3) is 4.25. The SMILES string of the molecule is CC(=O)Nc1ccc(NCc2ccc(Br)cc2Cl)cc1. The molecule has 0 aliphatic heterocycles. The molecule has 0 heterocycles. The summed E-state index contributed by atoms with van der Waals surface area (Å²) in [6.07, 6.45) is 0. The largest absolute Gasteiger partial charge is 0.381 e. The highest BCUT2D eigenvalue weighted by Crippen LogP contribution is 2.22. The number of amides is 1. The van der Waals surface area contributed by atoms with E-state index in [1.54, 1.807) is 0 Å². The summed E-state index contributed by atoms with van der Waals surface area (Å²) in [4.78, 5) is 10.9. The van der Waals surface area contributed by atoms with Crippen LogP contribution in [0.25, 0.3) is 0 Å². The Morgan fingerprint density at radius 3 is 2.40 bits per heavy atom. The van der Waals surface area contributed by atoms with E-state index in [9.17, 15) is 4.79 Å². The molecule has 5 heteroatoms. The van der Waals surface area contributed by atoms with Crippen LogP contribution in [0.2, 0.25) is 5.02 Å². The van der Waals surface area contributed by atoms with Gasteiger partial charge in [0, 0.05) is 34.3 Å². The predicted octanol–water partition coefficient (Wildman–Crippen LogP) is 4.67. The fourth-order valence-electron chi connectivity index (χ4n) is 1.74. The lowest BCUT2D eigenvalue weighted by Crippen LogP contribution is -2.05. The van der Waals surface area contributed by atoms with E-state index >= 15 is 0 Å². The molecule has 0 aliphatic carbocycles. The highest BCUT2D eigenvalue weighted by molar-refractivity contribution is 9.10. The fraction of sp³-hybridized carbons (Fsp3) is 0.133. The Morgan fingerprint density at radius 1 is 1.15 bits per heavy atom. The van der Waals surface area contributed by atoms with Gasteiger partial charge in [0.15, 0.2) is 0 Å². The molecular weight excluding hydrogens is 340 g/mol. The van der Waals surface area contributed by atoms with Gasteiger partial charge in [-0.05, 0) is 42.0 Å². The minimum absolute atomic E-state index is 0.0765. The van der Waals surface area contributed by atoms with Crippen LogP contribution in [0.15, 0.2) is 46.9 Å². The summed E-state index contributed by atoms with van der Waals surface area (Å²) in [7, 11) is 0. The van der Waals surface area contributed by atoms with Gasteiger partial charge in [-0.15, -0.1) is 0 Å². The number of rotatable bonds is 4. The lowest BCUT2D eigenvalue weighted by atomic mass is 10.2. The summed E-state index contributed by atoms with van der Waals surface area (Å²) in [5.41, 5.74) is 2.78. The smallest absolute Gasteiger partial charge is 0.221 e. The molecule has 2 rings (SSSR count). The average molecular weight is 354 g/mol. The summed E-state index contributed by atoms with van der Waals surface area (Å²) in [6, 6.07) is 13.3. The molecule has 3 nitrogen and oxygen atoms in total. The molecule has 0 saturated carbocycles. The third-order valence-electron chi connectivity index (χ3n) is 2.70. The maximum absolute atomic E-state index is 10.9. The van der Waals surface area contributed by atoms with E-state index in [4.69, 9.17) is 11.6 Å². The third-order valence-corrected chi connectivity index (χ3v) is 3.55. The summed E-state index contributed by atoms with van der Waals surface area (Å²) >= 11 is 9.54. The van der Waals surface area contributed by atoms with Gasteiger partial charge < -0.3 is 10.6 Å². The van der Waals surface area contributed by atoms with E-state index in [0.29, 0.717) is 6.54 Å². The number of benzene rings is 2. The highest BCUT2D eigenvalue weighted by atomic mass is 79.9. The maximum atomic E-state index is 10.9. The molecule has 2 aromatic rings. The zero-order valence-electron chi connectivity index (χ0n) is 10.9. The van der Waals surface area contributed by atoms with Crippen molar-refractivity contribution < 1.29 is 4.79 Å². The summed E-state index contributed by atoms with van der Waals surface area (Å²) < 4.78 is 0.964. The van der Waals surface area contributed by atoms with Crippen molar-refractivity contribution in [2.75, 3.05) is 10.6 Å². The molecule has 0 saturated heterocycles. The quantitative estimate of drug-likeness (QED) is 0.838. The molecule has 0 unspecified atom stereocenters. The second kappa shape index (κ2) is 6.77. The standard InChI is InChI=1S/C15H14BrClN2O/c1-10(20)19-14-6-4-13(5-7-14)18-9-11-2-3-12(16)8-15(11)17/h2-8,18H,9H2,1H3,(H,19,20). The van der Waals surface area contributed by atoms with E-state index in [0.717, 1.165) is 26.4 Å². The number of hydrogen-bond donors (Lipinski definition) is 2. The topological polar surface area (TPSA) is 41.1 Å². The van der Waals surface area contributed by atoms with Gasteiger partial charge in [0.25, 0.3) is 0 Å². The van der Waals surface area contributed by atoms with Crippen molar-refractivity contribution in [3.8, 4) is 0 Å². The van der Waals surface area contributed by atoms with Gasteiger partial charge in [-0.25, -0.2) is 0 Å². The Morgan fingerprint density at radius 2 is 1.80 bits per heavy atom. The molecule has 2 aromatic carbocycles. The molecule has 0 aliphatic rings. The van der Waals surface area contributed by atoms with Crippen LogP contribution in [-0.4, -0.2) is 5.91 Å². The molecule has 0 radical (unpaired) electrons. The molecule has 0 fully saturated rings. The second-order valence-electron chi connectivity index (χ2n) is 4.35. The first-order valence-electron chi connectivity index (χ1n) is 6.10. The molecule has 1 amide bonds. The van der Waals surface area contributed by atoms with E-state index in [-0.39, 0.29) is 5.91 Å². The number of halogens is 2. The van der Waals surface area contributed by atoms with Gasteiger partial charge >= 0.3 is 0 Å².